The third-order valence-corrected chi connectivity index (χ3v) is 2.84. The van der Waals surface area contributed by atoms with Crippen LogP contribution in [0.3, 0.4) is 0 Å². The number of hydrogen-bond donors (Lipinski definition) is 0. The van der Waals surface area contributed by atoms with E-state index in [2.05, 4.69) is 20.0 Å². The Labute approximate surface area is 116 Å². The van der Waals surface area contributed by atoms with Crippen LogP contribution in [0, 0.1) is 10.1 Å². The van der Waals surface area contributed by atoms with Crippen molar-refractivity contribution in [1.82, 2.24) is 20.0 Å². The lowest BCUT2D eigenvalue weighted by Crippen LogP contribution is -2.04. The van der Waals surface area contributed by atoms with Gasteiger partial charge in [0.25, 0.3) is 5.22 Å². The SMILES string of the molecule is CCOC(=O)c1nnc(Sc2nn(C)cc2[N+](=O)[O-])o1. The fourth-order valence-electron chi connectivity index (χ4n) is 1.26. The van der Waals surface area contributed by atoms with E-state index in [0.29, 0.717) is 0 Å². The lowest BCUT2D eigenvalue weighted by Gasteiger charge is -1.94. The van der Waals surface area contributed by atoms with E-state index in [0.717, 1.165) is 11.8 Å². The maximum Gasteiger partial charge on any atom is 0.396 e. The number of ether oxygens (including phenoxy) is 1. The summed E-state index contributed by atoms with van der Waals surface area (Å²) in [5, 5.41) is 21.9. The number of esters is 1. The molecule has 2 aromatic heterocycles. The highest BCUT2D eigenvalue weighted by atomic mass is 32.2. The Kier molecular flexibility index (Phi) is 3.98. The topological polar surface area (TPSA) is 126 Å². The van der Waals surface area contributed by atoms with Crippen LogP contribution >= 0.6 is 11.8 Å². The van der Waals surface area contributed by atoms with E-state index in [1.54, 1.807) is 14.0 Å². The molecular weight excluding hydrogens is 290 g/mol. The molecule has 0 aliphatic carbocycles. The Morgan fingerprint density at radius 1 is 1.60 bits per heavy atom. The van der Waals surface area contributed by atoms with E-state index in [-0.39, 0.29) is 28.4 Å². The highest BCUT2D eigenvalue weighted by molar-refractivity contribution is 7.99. The molecule has 10 nitrogen and oxygen atoms in total. The van der Waals surface area contributed by atoms with E-state index in [4.69, 9.17) is 4.42 Å². The maximum atomic E-state index is 11.3. The van der Waals surface area contributed by atoms with Crippen molar-refractivity contribution in [3.63, 3.8) is 0 Å². The van der Waals surface area contributed by atoms with Crippen molar-refractivity contribution >= 4 is 23.4 Å². The summed E-state index contributed by atoms with van der Waals surface area (Å²) in [5.41, 5.74) is -0.187. The van der Waals surface area contributed by atoms with Crippen LogP contribution in [-0.4, -0.2) is 37.5 Å². The van der Waals surface area contributed by atoms with E-state index < -0.39 is 10.9 Å². The van der Waals surface area contributed by atoms with Gasteiger partial charge in [-0.1, -0.05) is 5.10 Å². The molecule has 0 atom stereocenters. The van der Waals surface area contributed by atoms with Gasteiger partial charge in [0.2, 0.25) is 5.03 Å². The van der Waals surface area contributed by atoms with Crippen LogP contribution in [0.1, 0.15) is 17.6 Å². The van der Waals surface area contributed by atoms with Gasteiger partial charge in [0.15, 0.2) is 0 Å². The van der Waals surface area contributed by atoms with Crippen LogP contribution in [0.25, 0.3) is 0 Å². The molecule has 2 rings (SSSR count). The quantitative estimate of drug-likeness (QED) is 0.452. The zero-order chi connectivity index (χ0) is 14.7. The fraction of sp³-hybridized carbons (Fsp3) is 0.333. The molecule has 106 valence electrons. The first-order chi connectivity index (χ1) is 9.51. The van der Waals surface area contributed by atoms with Crippen molar-refractivity contribution in [2.24, 2.45) is 7.05 Å². The van der Waals surface area contributed by atoms with Gasteiger partial charge in [-0.25, -0.2) is 4.79 Å². The Bertz CT molecular complexity index is 651. The number of aryl methyl sites for hydroxylation is 1. The van der Waals surface area contributed by atoms with Gasteiger partial charge in [0.05, 0.1) is 11.5 Å². The summed E-state index contributed by atoms with van der Waals surface area (Å²) in [6, 6.07) is 0. The van der Waals surface area contributed by atoms with E-state index in [1.165, 1.54) is 10.9 Å². The van der Waals surface area contributed by atoms with Gasteiger partial charge in [-0.2, -0.15) is 5.10 Å². The van der Waals surface area contributed by atoms with Crippen LogP contribution in [0.4, 0.5) is 5.69 Å². The highest BCUT2D eigenvalue weighted by Gasteiger charge is 2.23. The zero-order valence-electron chi connectivity index (χ0n) is 10.5. The Morgan fingerprint density at radius 3 is 3.00 bits per heavy atom. The van der Waals surface area contributed by atoms with Crippen LogP contribution in [0.15, 0.2) is 20.9 Å². The first-order valence-corrected chi connectivity index (χ1v) is 6.19. The normalized spacial score (nSPS) is 10.5. The average Bonchev–Trinajstić information content (AvgIpc) is 2.97. The molecular formula is C9H9N5O5S. The Balaban J connectivity index is 2.19. The molecule has 0 aliphatic heterocycles. The largest absolute Gasteiger partial charge is 0.459 e. The summed E-state index contributed by atoms with van der Waals surface area (Å²) < 4.78 is 11.0. The number of nitrogens with zero attached hydrogens (tertiary/aromatic N) is 5. The van der Waals surface area contributed by atoms with E-state index in [9.17, 15) is 14.9 Å². The lowest BCUT2D eigenvalue weighted by molar-refractivity contribution is -0.387. The zero-order valence-corrected chi connectivity index (χ0v) is 11.3. The second-order valence-corrected chi connectivity index (χ2v) is 4.39. The van der Waals surface area contributed by atoms with Crippen molar-refractivity contribution in [3.05, 3.63) is 22.2 Å². The Morgan fingerprint density at radius 2 is 2.35 bits per heavy atom. The number of carbonyl (C=O) groups is 1. The minimum atomic E-state index is -0.748. The molecule has 0 N–H and O–H groups in total. The molecule has 0 aromatic carbocycles. The van der Waals surface area contributed by atoms with Gasteiger partial charge >= 0.3 is 17.5 Å². The second-order valence-electron chi connectivity index (χ2n) is 3.45. The van der Waals surface area contributed by atoms with Gasteiger partial charge in [0.1, 0.15) is 6.20 Å². The van der Waals surface area contributed by atoms with Gasteiger partial charge in [0, 0.05) is 18.8 Å². The van der Waals surface area contributed by atoms with E-state index >= 15 is 0 Å². The van der Waals surface area contributed by atoms with Gasteiger partial charge in [-0.3, -0.25) is 14.8 Å². The van der Waals surface area contributed by atoms with Crippen molar-refractivity contribution in [2.75, 3.05) is 6.61 Å². The second kappa shape index (κ2) is 5.69. The first kappa shape index (κ1) is 14.0. The van der Waals surface area contributed by atoms with Crippen molar-refractivity contribution in [2.45, 2.75) is 17.2 Å². The summed E-state index contributed by atoms with van der Waals surface area (Å²) in [7, 11) is 1.55. The third kappa shape index (κ3) is 2.93. The molecule has 0 fully saturated rings. The third-order valence-electron chi connectivity index (χ3n) is 2.01. The number of carbonyl (C=O) groups excluding carboxylic acids is 1. The predicted octanol–water partition coefficient (Wildman–Crippen LogP) is 1.04. The first-order valence-electron chi connectivity index (χ1n) is 5.37. The van der Waals surface area contributed by atoms with Crippen LogP contribution in [0.5, 0.6) is 0 Å². The smallest absolute Gasteiger partial charge is 0.396 e. The number of hydrogen-bond acceptors (Lipinski definition) is 9. The average molecular weight is 299 g/mol. The molecule has 0 unspecified atom stereocenters. The lowest BCUT2D eigenvalue weighted by atomic mass is 10.6. The molecule has 0 spiro atoms. The van der Waals surface area contributed by atoms with Gasteiger partial charge in [-0.05, 0) is 6.92 Å². The molecule has 0 saturated carbocycles. The number of nitro groups is 1. The molecule has 0 saturated heterocycles. The van der Waals surface area contributed by atoms with Crippen molar-refractivity contribution < 1.29 is 18.9 Å². The Hall–Kier alpha value is -2.43. The highest BCUT2D eigenvalue weighted by Crippen LogP contribution is 2.32. The van der Waals surface area contributed by atoms with Gasteiger partial charge in [-0.15, -0.1) is 5.10 Å². The van der Waals surface area contributed by atoms with Gasteiger partial charge < -0.3 is 9.15 Å². The summed E-state index contributed by atoms with van der Waals surface area (Å²) >= 11 is 0.798. The molecule has 2 heterocycles. The van der Waals surface area contributed by atoms with Crippen molar-refractivity contribution in [3.8, 4) is 0 Å². The molecule has 0 aliphatic rings. The molecule has 20 heavy (non-hydrogen) atoms. The molecule has 0 radical (unpaired) electrons. The fourth-order valence-corrected chi connectivity index (χ4v) is 2.03. The summed E-state index contributed by atoms with van der Waals surface area (Å²) in [4.78, 5) is 21.6. The minimum Gasteiger partial charge on any atom is -0.459 e. The number of rotatable bonds is 5. The van der Waals surface area contributed by atoms with Crippen molar-refractivity contribution in [1.29, 1.82) is 0 Å². The van der Waals surface area contributed by atoms with Crippen LogP contribution in [0.2, 0.25) is 0 Å². The van der Waals surface area contributed by atoms with Crippen LogP contribution < -0.4 is 0 Å². The molecule has 0 amide bonds. The summed E-state index contributed by atoms with van der Waals surface area (Å²) in [6.45, 7) is 1.82. The summed E-state index contributed by atoms with van der Waals surface area (Å²) in [5.74, 6) is -1.06. The monoisotopic (exact) mass is 299 g/mol. The van der Waals surface area contributed by atoms with Crippen LogP contribution in [-0.2, 0) is 11.8 Å². The number of aromatic nitrogens is 4. The standard InChI is InChI=1S/C9H9N5O5S/c1-3-18-8(15)6-10-11-9(19-6)20-7-5(14(16)17)4-13(2)12-7/h4H,3H2,1-2H3. The predicted molar refractivity (Wildman–Crippen MR) is 64.2 cm³/mol. The minimum absolute atomic E-state index is 0.0325. The molecule has 2 aromatic rings. The molecule has 0 bridgehead atoms. The van der Waals surface area contributed by atoms with E-state index in [1.807, 2.05) is 0 Å². The molecule has 11 heteroatoms. The maximum absolute atomic E-state index is 11.3. The summed E-state index contributed by atoms with van der Waals surface area (Å²) in [6.07, 6.45) is 1.25.